The Labute approximate surface area is 152 Å². The van der Waals surface area contributed by atoms with Crippen molar-refractivity contribution in [1.29, 1.82) is 0 Å². The number of fused-ring (bicyclic) bond motifs is 2. The molecular weight excluding hydrogens is 363 g/mol. The van der Waals surface area contributed by atoms with Crippen molar-refractivity contribution >= 4 is 10.9 Å². The third-order valence-corrected chi connectivity index (χ3v) is 4.18. The van der Waals surface area contributed by atoms with Gasteiger partial charge in [-0.3, -0.25) is 0 Å². The molecule has 1 aliphatic rings. The lowest BCUT2D eigenvalue weighted by Crippen LogP contribution is -2.17. The molecule has 0 radical (unpaired) electrons. The number of halogens is 3. The molecule has 0 unspecified atom stereocenters. The van der Waals surface area contributed by atoms with Gasteiger partial charge in [-0.25, -0.2) is 4.98 Å². The van der Waals surface area contributed by atoms with Crippen LogP contribution in [0.3, 0.4) is 0 Å². The van der Waals surface area contributed by atoms with E-state index in [1.807, 2.05) is 13.0 Å². The van der Waals surface area contributed by atoms with E-state index in [1.165, 1.54) is 19.2 Å². The molecule has 3 aromatic rings. The van der Waals surface area contributed by atoms with Crippen LogP contribution in [0.15, 0.2) is 36.4 Å². The van der Waals surface area contributed by atoms with E-state index in [4.69, 9.17) is 14.2 Å². The van der Waals surface area contributed by atoms with Gasteiger partial charge in [0.05, 0.1) is 18.3 Å². The smallest absolute Gasteiger partial charge is 0.493 e. The Hall–Kier alpha value is -3.16. The van der Waals surface area contributed by atoms with E-state index in [1.54, 1.807) is 18.2 Å². The molecule has 2 heterocycles. The molecule has 0 saturated heterocycles. The highest BCUT2D eigenvalue weighted by molar-refractivity contribution is 5.86. The van der Waals surface area contributed by atoms with Crippen LogP contribution < -0.4 is 18.9 Å². The van der Waals surface area contributed by atoms with Crippen molar-refractivity contribution in [2.75, 3.05) is 13.9 Å². The molecular formula is C19H14F3NO4. The predicted molar refractivity (Wildman–Crippen MR) is 91.3 cm³/mol. The molecule has 0 bridgehead atoms. The third-order valence-electron chi connectivity index (χ3n) is 4.18. The summed E-state index contributed by atoms with van der Waals surface area (Å²) in [6, 6.07) is 9.45. The molecule has 0 aliphatic carbocycles. The fourth-order valence-corrected chi connectivity index (χ4v) is 3.00. The Balaban J connectivity index is 1.83. The average Bonchev–Trinajstić information content (AvgIpc) is 3.07. The lowest BCUT2D eigenvalue weighted by atomic mass is 10.0. The van der Waals surface area contributed by atoms with Crippen LogP contribution in [0.5, 0.6) is 23.0 Å². The minimum absolute atomic E-state index is 0.0947. The summed E-state index contributed by atoms with van der Waals surface area (Å²) in [5.74, 6) is 1.22. The molecule has 0 atom stereocenters. The highest BCUT2D eigenvalue weighted by Gasteiger charge is 2.31. The van der Waals surface area contributed by atoms with Crippen molar-refractivity contribution in [3.05, 3.63) is 42.0 Å². The summed E-state index contributed by atoms with van der Waals surface area (Å²) in [6.07, 6.45) is -4.76. The monoisotopic (exact) mass is 377 g/mol. The van der Waals surface area contributed by atoms with Crippen LogP contribution in [-0.2, 0) is 0 Å². The quantitative estimate of drug-likeness (QED) is 0.653. The van der Waals surface area contributed by atoms with Gasteiger partial charge in [0.15, 0.2) is 11.5 Å². The summed E-state index contributed by atoms with van der Waals surface area (Å²) < 4.78 is 57.6. The molecule has 0 saturated carbocycles. The largest absolute Gasteiger partial charge is 0.573 e. The number of benzene rings is 2. The molecule has 0 amide bonds. The van der Waals surface area contributed by atoms with Crippen LogP contribution in [0.25, 0.3) is 22.2 Å². The van der Waals surface area contributed by atoms with E-state index in [0.29, 0.717) is 34.0 Å². The molecule has 0 fully saturated rings. The molecule has 140 valence electrons. The van der Waals surface area contributed by atoms with Gasteiger partial charge in [-0.05, 0) is 42.8 Å². The topological polar surface area (TPSA) is 49.8 Å². The lowest BCUT2D eigenvalue weighted by molar-refractivity contribution is -0.274. The normalized spacial score (nSPS) is 13.1. The van der Waals surface area contributed by atoms with Crippen molar-refractivity contribution < 1.29 is 32.1 Å². The Morgan fingerprint density at radius 1 is 1.07 bits per heavy atom. The molecule has 0 spiro atoms. The number of rotatable bonds is 3. The Morgan fingerprint density at radius 2 is 1.89 bits per heavy atom. The zero-order valence-corrected chi connectivity index (χ0v) is 14.4. The van der Waals surface area contributed by atoms with Gasteiger partial charge in [-0.2, -0.15) is 0 Å². The maximum atomic E-state index is 12.5. The zero-order valence-electron chi connectivity index (χ0n) is 14.4. The predicted octanol–water partition coefficient (Wildman–Crippen LogP) is 4.85. The number of methoxy groups -OCH3 is 1. The fraction of sp³-hybridized carbons (Fsp3) is 0.211. The van der Waals surface area contributed by atoms with E-state index in [-0.39, 0.29) is 12.5 Å². The van der Waals surface area contributed by atoms with Crippen LogP contribution in [0.4, 0.5) is 13.2 Å². The number of aromatic nitrogens is 1. The fourth-order valence-electron chi connectivity index (χ4n) is 3.00. The first-order valence-electron chi connectivity index (χ1n) is 7.99. The van der Waals surface area contributed by atoms with Gasteiger partial charge in [0, 0.05) is 17.0 Å². The van der Waals surface area contributed by atoms with Crippen LogP contribution in [0.1, 0.15) is 5.56 Å². The number of alkyl halides is 3. The average molecular weight is 377 g/mol. The number of ether oxygens (including phenoxy) is 4. The summed E-state index contributed by atoms with van der Waals surface area (Å²) in [5.41, 5.74) is 2.53. The maximum Gasteiger partial charge on any atom is 0.573 e. The molecule has 0 N–H and O–H groups in total. The Bertz CT molecular complexity index is 1030. The van der Waals surface area contributed by atoms with Crippen molar-refractivity contribution in [3.8, 4) is 34.3 Å². The van der Waals surface area contributed by atoms with Gasteiger partial charge < -0.3 is 18.9 Å². The number of pyridine rings is 1. The van der Waals surface area contributed by atoms with Crippen LogP contribution in [-0.4, -0.2) is 25.2 Å². The summed E-state index contributed by atoms with van der Waals surface area (Å²) in [6.45, 7) is 1.96. The number of nitrogens with zero attached hydrogens (tertiary/aromatic N) is 1. The van der Waals surface area contributed by atoms with Crippen molar-refractivity contribution in [2.45, 2.75) is 13.3 Å². The SMILES string of the molecule is COc1cc(-c2cc(C)c3ccc(OC(F)(F)F)cc3n2)cc2c1OCO2. The lowest BCUT2D eigenvalue weighted by Gasteiger charge is -2.12. The zero-order chi connectivity index (χ0) is 19.2. The van der Waals surface area contributed by atoms with Gasteiger partial charge in [-0.1, -0.05) is 0 Å². The van der Waals surface area contributed by atoms with Crippen LogP contribution in [0, 0.1) is 6.92 Å². The highest BCUT2D eigenvalue weighted by Crippen LogP contribution is 2.44. The maximum absolute atomic E-state index is 12.5. The minimum Gasteiger partial charge on any atom is -0.493 e. The molecule has 2 aromatic carbocycles. The first kappa shape index (κ1) is 17.3. The van der Waals surface area contributed by atoms with Crippen molar-refractivity contribution in [2.24, 2.45) is 0 Å². The van der Waals surface area contributed by atoms with E-state index in [9.17, 15) is 13.2 Å². The number of aryl methyl sites for hydroxylation is 1. The molecule has 5 nitrogen and oxygen atoms in total. The van der Waals surface area contributed by atoms with Gasteiger partial charge in [-0.15, -0.1) is 13.2 Å². The first-order chi connectivity index (χ1) is 12.8. The highest BCUT2D eigenvalue weighted by atomic mass is 19.4. The second-order valence-corrected chi connectivity index (χ2v) is 5.96. The summed E-state index contributed by atoms with van der Waals surface area (Å²) in [7, 11) is 1.51. The molecule has 1 aliphatic heterocycles. The summed E-state index contributed by atoms with van der Waals surface area (Å²) in [4.78, 5) is 4.50. The second-order valence-electron chi connectivity index (χ2n) is 5.96. The van der Waals surface area contributed by atoms with E-state index < -0.39 is 6.36 Å². The van der Waals surface area contributed by atoms with E-state index in [0.717, 1.165) is 10.9 Å². The Kier molecular flexibility index (Phi) is 3.98. The van der Waals surface area contributed by atoms with Crippen LogP contribution >= 0.6 is 0 Å². The van der Waals surface area contributed by atoms with Gasteiger partial charge in [0.2, 0.25) is 12.5 Å². The minimum atomic E-state index is -4.76. The molecule has 4 rings (SSSR count). The van der Waals surface area contributed by atoms with E-state index in [2.05, 4.69) is 9.72 Å². The van der Waals surface area contributed by atoms with Crippen molar-refractivity contribution in [3.63, 3.8) is 0 Å². The standard InChI is InChI=1S/C19H14F3NO4/c1-10-5-14(11-6-16(24-2)18-17(7-11)25-9-26-18)23-15-8-12(3-4-13(10)15)27-19(20,21)22/h3-8H,9H2,1-2H3. The molecule has 8 heteroatoms. The molecule has 27 heavy (non-hydrogen) atoms. The second kappa shape index (κ2) is 6.22. The van der Waals surface area contributed by atoms with Gasteiger partial charge in [0.25, 0.3) is 0 Å². The van der Waals surface area contributed by atoms with Crippen molar-refractivity contribution in [1.82, 2.24) is 4.98 Å². The first-order valence-corrected chi connectivity index (χ1v) is 7.99. The Morgan fingerprint density at radius 3 is 2.63 bits per heavy atom. The van der Waals surface area contributed by atoms with Gasteiger partial charge >= 0.3 is 6.36 Å². The number of hydrogen-bond acceptors (Lipinski definition) is 5. The summed E-state index contributed by atoms with van der Waals surface area (Å²) in [5, 5.41) is 0.737. The molecule has 1 aromatic heterocycles. The van der Waals surface area contributed by atoms with Crippen LogP contribution in [0.2, 0.25) is 0 Å². The number of hydrogen-bond donors (Lipinski definition) is 0. The van der Waals surface area contributed by atoms with E-state index >= 15 is 0 Å². The van der Waals surface area contributed by atoms with Gasteiger partial charge in [0.1, 0.15) is 5.75 Å². The summed E-state index contributed by atoms with van der Waals surface area (Å²) >= 11 is 0. The third kappa shape index (κ3) is 3.30.